The molecular formula is C77H136O6. The number of carbonyl (C=O) groups excluding carboxylic acids is 3. The number of ether oxygens (including phenoxy) is 3. The maximum atomic E-state index is 12.9. The minimum Gasteiger partial charge on any atom is -0.462 e. The number of carbonyl (C=O) groups is 3. The number of unbranched alkanes of at least 4 members (excludes halogenated alkanes) is 41. The van der Waals surface area contributed by atoms with Crippen LogP contribution in [0.1, 0.15) is 367 Å². The van der Waals surface area contributed by atoms with E-state index < -0.39 is 6.10 Å². The first-order valence-electron chi connectivity index (χ1n) is 36.1. The van der Waals surface area contributed by atoms with Gasteiger partial charge in [0.05, 0.1) is 0 Å². The molecule has 0 N–H and O–H groups in total. The van der Waals surface area contributed by atoms with Gasteiger partial charge in [0.25, 0.3) is 0 Å². The van der Waals surface area contributed by atoms with Crippen molar-refractivity contribution in [1.82, 2.24) is 0 Å². The van der Waals surface area contributed by atoms with E-state index in [1.165, 1.54) is 231 Å². The van der Waals surface area contributed by atoms with Gasteiger partial charge < -0.3 is 14.2 Å². The van der Waals surface area contributed by atoms with Gasteiger partial charge in [0.2, 0.25) is 0 Å². The summed E-state index contributed by atoms with van der Waals surface area (Å²) in [5, 5.41) is 0. The Bertz CT molecular complexity index is 1570. The SMILES string of the molecule is CC/C=C\C/C=C\C/C=C\C/C=C\C/C=C\C/C=C\C/C=C\CCCC(=O)OC(COC(=O)CCCCCCCCCCCCCCCC)COC(=O)CCCCCCCCCCCCCCCCCCCCCCCCCCCCCC. The summed E-state index contributed by atoms with van der Waals surface area (Å²) in [7, 11) is 0. The fourth-order valence-electron chi connectivity index (χ4n) is 10.6. The van der Waals surface area contributed by atoms with Gasteiger partial charge in [-0.2, -0.15) is 0 Å². The molecule has 0 aromatic carbocycles. The van der Waals surface area contributed by atoms with Gasteiger partial charge in [-0.15, -0.1) is 0 Å². The molecule has 1 atom stereocenters. The van der Waals surface area contributed by atoms with Crippen molar-refractivity contribution in [2.45, 2.75) is 374 Å². The fraction of sp³-hybridized carbons (Fsp3) is 0.779. The lowest BCUT2D eigenvalue weighted by Gasteiger charge is -2.18. The van der Waals surface area contributed by atoms with Crippen molar-refractivity contribution in [3.8, 4) is 0 Å². The number of hydrogen-bond donors (Lipinski definition) is 0. The smallest absolute Gasteiger partial charge is 0.306 e. The second-order valence-corrected chi connectivity index (χ2v) is 24.1. The van der Waals surface area contributed by atoms with Crippen LogP contribution in [0.3, 0.4) is 0 Å². The molecule has 0 aliphatic carbocycles. The Morgan fingerprint density at radius 2 is 0.470 bits per heavy atom. The molecule has 0 aliphatic heterocycles. The summed E-state index contributed by atoms with van der Waals surface area (Å²) in [5.41, 5.74) is 0. The predicted octanol–water partition coefficient (Wildman–Crippen LogP) is 25.0. The lowest BCUT2D eigenvalue weighted by Crippen LogP contribution is -2.30. The average Bonchev–Trinajstić information content (AvgIpc) is 3.49. The van der Waals surface area contributed by atoms with Crippen molar-refractivity contribution in [3.63, 3.8) is 0 Å². The largest absolute Gasteiger partial charge is 0.462 e. The van der Waals surface area contributed by atoms with Crippen molar-refractivity contribution < 1.29 is 28.6 Å². The van der Waals surface area contributed by atoms with Crippen LogP contribution in [-0.4, -0.2) is 37.2 Å². The van der Waals surface area contributed by atoms with Crippen molar-refractivity contribution in [2.75, 3.05) is 13.2 Å². The van der Waals surface area contributed by atoms with E-state index in [0.29, 0.717) is 19.3 Å². The molecule has 0 rings (SSSR count). The summed E-state index contributed by atoms with van der Waals surface area (Å²) in [6.07, 6.45) is 94.9. The molecule has 83 heavy (non-hydrogen) atoms. The van der Waals surface area contributed by atoms with Gasteiger partial charge in [-0.3, -0.25) is 14.4 Å². The standard InChI is InChI=1S/C77H136O6/c1-4-7-10-13-16-19-22-25-28-30-32-34-36-37-38-39-40-42-43-45-47-49-52-55-58-61-64-67-70-76(79)82-73-74(72-81-75(78)69-66-63-60-57-54-51-27-24-21-18-15-12-9-6-3)83-77(80)71-68-65-62-59-56-53-50-48-46-44-41-35-33-31-29-26-23-20-17-14-11-8-5-2/h8,11,17,20,26,29,33,35,44,46,50,53,59,62,74H,4-7,9-10,12-16,18-19,21-25,27-28,30-32,34,36-43,45,47-49,51-52,54-58,60-61,63-73H2,1-3H3/b11-8-,20-17-,29-26-,35-33-,46-44-,53-50-,62-59-. The molecule has 0 aromatic heterocycles. The molecule has 6 heteroatoms. The highest BCUT2D eigenvalue weighted by atomic mass is 16.6. The van der Waals surface area contributed by atoms with E-state index in [-0.39, 0.29) is 37.5 Å². The fourth-order valence-corrected chi connectivity index (χ4v) is 10.6. The third-order valence-electron chi connectivity index (χ3n) is 15.9. The zero-order valence-corrected chi connectivity index (χ0v) is 55.2. The zero-order valence-electron chi connectivity index (χ0n) is 55.2. The van der Waals surface area contributed by atoms with Gasteiger partial charge in [0.15, 0.2) is 6.10 Å². The normalized spacial score (nSPS) is 12.6. The lowest BCUT2D eigenvalue weighted by molar-refractivity contribution is -0.167. The van der Waals surface area contributed by atoms with Crippen molar-refractivity contribution in [2.24, 2.45) is 0 Å². The molecule has 0 saturated heterocycles. The van der Waals surface area contributed by atoms with Crippen LogP contribution in [0.2, 0.25) is 0 Å². The van der Waals surface area contributed by atoms with Gasteiger partial charge in [0, 0.05) is 19.3 Å². The summed E-state index contributed by atoms with van der Waals surface area (Å²) >= 11 is 0. The third kappa shape index (κ3) is 69.3. The first-order valence-corrected chi connectivity index (χ1v) is 36.1. The first-order chi connectivity index (χ1) is 41.0. The Hall–Kier alpha value is -3.41. The Morgan fingerprint density at radius 1 is 0.253 bits per heavy atom. The highest BCUT2D eigenvalue weighted by Gasteiger charge is 2.19. The van der Waals surface area contributed by atoms with E-state index in [4.69, 9.17) is 14.2 Å². The topological polar surface area (TPSA) is 78.9 Å². The van der Waals surface area contributed by atoms with E-state index in [9.17, 15) is 14.4 Å². The van der Waals surface area contributed by atoms with Gasteiger partial charge in [-0.25, -0.2) is 0 Å². The van der Waals surface area contributed by atoms with Gasteiger partial charge in [-0.1, -0.05) is 363 Å². The van der Waals surface area contributed by atoms with Crippen molar-refractivity contribution in [3.05, 3.63) is 85.1 Å². The first kappa shape index (κ1) is 79.6. The molecular weight excluding hydrogens is 1020 g/mol. The van der Waals surface area contributed by atoms with Crippen LogP contribution in [-0.2, 0) is 28.6 Å². The van der Waals surface area contributed by atoms with Gasteiger partial charge >= 0.3 is 17.9 Å². The van der Waals surface area contributed by atoms with Crippen LogP contribution in [0.4, 0.5) is 0 Å². The molecule has 0 amide bonds. The van der Waals surface area contributed by atoms with Gasteiger partial charge in [0.1, 0.15) is 13.2 Å². The summed E-state index contributed by atoms with van der Waals surface area (Å²) < 4.78 is 16.9. The van der Waals surface area contributed by atoms with E-state index in [1.807, 2.05) is 0 Å². The third-order valence-corrected chi connectivity index (χ3v) is 15.9. The number of rotatable bonds is 66. The number of hydrogen-bond acceptors (Lipinski definition) is 6. The molecule has 0 spiro atoms. The molecule has 0 saturated carbocycles. The Kier molecular flexibility index (Phi) is 68.2. The van der Waals surface area contributed by atoms with E-state index in [2.05, 4.69) is 106 Å². The minimum atomic E-state index is -0.806. The molecule has 0 aromatic rings. The quantitative estimate of drug-likeness (QED) is 0.0261. The number of esters is 3. The molecule has 0 heterocycles. The van der Waals surface area contributed by atoms with Crippen LogP contribution in [0, 0.1) is 0 Å². The van der Waals surface area contributed by atoms with E-state index >= 15 is 0 Å². The van der Waals surface area contributed by atoms with Crippen molar-refractivity contribution >= 4 is 17.9 Å². The van der Waals surface area contributed by atoms with E-state index in [1.54, 1.807) is 0 Å². The van der Waals surface area contributed by atoms with Crippen LogP contribution in [0.25, 0.3) is 0 Å². The monoisotopic (exact) mass is 1160 g/mol. The second-order valence-electron chi connectivity index (χ2n) is 24.1. The predicted molar refractivity (Wildman–Crippen MR) is 362 cm³/mol. The lowest BCUT2D eigenvalue weighted by atomic mass is 10.0. The summed E-state index contributed by atoms with van der Waals surface area (Å²) in [5.74, 6) is -0.934. The Balaban J connectivity index is 4.32. The molecule has 0 fully saturated rings. The van der Waals surface area contributed by atoms with Crippen LogP contribution in [0.15, 0.2) is 85.1 Å². The Morgan fingerprint density at radius 3 is 0.723 bits per heavy atom. The highest BCUT2D eigenvalue weighted by Crippen LogP contribution is 2.18. The molecule has 480 valence electrons. The second kappa shape index (κ2) is 71.1. The highest BCUT2D eigenvalue weighted by molar-refractivity contribution is 5.71. The summed E-state index contributed by atoms with van der Waals surface area (Å²) in [6.45, 7) is 6.54. The van der Waals surface area contributed by atoms with Crippen molar-refractivity contribution in [1.29, 1.82) is 0 Å². The van der Waals surface area contributed by atoms with Crippen LogP contribution >= 0.6 is 0 Å². The molecule has 0 bridgehead atoms. The zero-order chi connectivity index (χ0) is 59.9. The Labute approximate surface area is 515 Å². The summed E-state index contributed by atoms with van der Waals surface area (Å²) in [6, 6.07) is 0. The average molecular weight is 1160 g/mol. The molecule has 0 aliphatic rings. The molecule has 6 nitrogen and oxygen atoms in total. The maximum absolute atomic E-state index is 12.9. The molecule has 0 radical (unpaired) electrons. The maximum Gasteiger partial charge on any atom is 0.306 e. The van der Waals surface area contributed by atoms with Gasteiger partial charge in [-0.05, 0) is 70.6 Å². The molecule has 1 unspecified atom stereocenters. The van der Waals surface area contributed by atoms with E-state index in [0.717, 1.165) is 89.9 Å². The number of allylic oxidation sites excluding steroid dienone is 14. The summed E-state index contributed by atoms with van der Waals surface area (Å²) in [4.78, 5) is 38.4. The van der Waals surface area contributed by atoms with Crippen LogP contribution < -0.4 is 0 Å². The van der Waals surface area contributed by atoms with Crippen LogP contribution in [0.5, 0.6) is 0 Å². The minimum absolute atomic E-state index is 0.0951.